The number of rotatable bonds is 5. The van der Waals surface area contributed by atoms with Gasteiger partial charge in [0.1, 0.15) is 0 Å². The predicted octanol–water partition coefficient (Wildman–Crippen LogP) is 3.12. The van der Waals surface area contributed by atoms with Crippen LogP contribution in [0.15, 0.2) is 30.3 Å². The van der Waals surface area contributed by atoms with Crippen LogP contribution in [-0.2, 0) is 11.2 Å². The molecule has 0 N–H and O–H groups in total. The summed E-state index contributed by atoms with van der Waals surface area (Å²) in [7, 11) is 0. The maximum Gasteiger partial charge on any atom is 0.219 e. The minimum atomic E-state index is 0.167. The van der Waals surface area contributed by atoms with Crippen LogP contribution in [0, 0.1) is 5.92 Å². The molecule has 0 saturated heterocycles. The number of amides is 1. The first-order chi connectivity index (χ1) is 8.00. The highest BCUT2D eigenvalue weighted by Gasteiger charge is 2.16. The van der Waals surface area contributed by atoms with Gasteiger partial charge < -0.3 is 4.90 Å². The molecule has 0 radical (unpaired) electrons. The highest BCUT2D eigenvalue weighted by atomic mass is 16.2. The Labute approximate surface area is 105 Å². The summed E-state index contributed by atoms with van der Waals surface area (Å²) < 4.78 is 0. The zero-order chi connectivity index (χ0) is 12.8. The van der Waals surface area contributed by atoms with E-state index in [0.29, 0.717) is 5.92 Å². The fourth-order valence-corrected chi connectivity index (χ4v) is 2.12. The van der Waals surface area contributed by atoms with E-state index in [1.54, 1.807) is 6.92 Å². The molecule has 0 spiro atoms. The van der Waals surface area contributed by atoms with Crippen LogP contribution < -0.4 is 0 Å². The lowest BCUT2D eigenvalue weighted by molar-refractivity contribution is -0.131. The predicted molar refractivity (Wildman–Crippen MR) is 71.8 cm³/mol. The SMILES string of the molecule is CC(=O)N(CC(C)Cc1ccccc1)C(C)C. The van der Waals surface area contributed by atoms with E-state index in [2.05, 4.69) is 45.0 Å². The molecule has 0 aromatic heterocycles. The molecule has 17 heavy (non-hydrogen) atoms. The molecular formula is C15H23NO. The summed E-state index contributed by atoms with van der Waals surface area (Å²) in [4.78, 5) is 13.4. The topological polar surface area (TPSA) is 20.3 Å². The van der Waals surface area contributed by atoms with E-state index in [1.165, 1.54) is 5.56 Å². The molecule has 0 aliphatic rings. The number of benzene rings is 1. The van der Waals surface area contributed by atoms with Crippen LogP contribution in [0.2, 0.25) is 0 Å². The largest absolute Gasteiger partial charge is 0.340 e. The fourth-order valence-electron chi connectivity index (χ4n) is 2.12. The van der Waals surface area contributed by atoms with E-state index in [4.69, 9.17) is 0 Å². The third-order valence-corrected chi connectivity index (χ3v) is 2.96. The Hall–Kier alpha value is -1.31. The molecule has 2 nitrogen and oxygen atoms in total. The molecular weight excluding hydrogens is 210 g/mol. The second-order valence-electron chi connectivity index (χ2n) is 5.06. The first-order valence-electron chi connectivity index (χ1n) is 6.31. The summed E-state index contributed by atoms with van der Waals surface area (Å²) in [5, 5.41) is 0. The maximum atomic E-state index is 11.5. The van der Waals surface area contributed by atoms with E-state index < -0.39 is 0 Å². The van der Waals surface area contributed by atoms with Gasteiger partial charge in [-0.3, -0.25) is 4.79 Å². The average molecular weight is 233 g/mol. The molecule has 0 bridgehead atoms. The van der Waals surface area contributed by atoms with Gasteiger partial charge in [0.15, 0.2) is 0 Å². The summed E-state index contributed by atoms with van der Waals surface area (Å²) in [6, 6.07) is 10.7. The van der Waals surface area contributed by atoms with Crippen molar-refractivity contribution < 1.29 is 4.79 Å². The summed E-state index contributed by atoms with van der Waals surface area (Å²) in [6.45, 7) is 8.82. The van der Waals surface area contributed by atoms with Crippen molar-refractivity contribution in [3.05, 3.63) is 35.9 Å². The highest BCUT2D eigenvalue weighted by Crippen LogP contribution is 2.11. The molecule has 0 saturated carbocycles. The zero-order valence-electron chi connectivity index (χ0n) is 11.3. The number of carbonyl (C=O) groups is 1. The summed E-state index contributed by atoms with van der Waals surface area (Å²) >= 11 is 0. The highest BCUT2D eigenvalue weighted by molar-refractivity contribution is 5.73. The van der Waals surface area contributed by atoms with Crippen molar-refractivity contribution in [3.63, 3.8) is 0 Å². The second-order valence-corrected chi connectivity index (χ2v) is 5.06. The molecule has 0 fully saturated rings. The fraction of sp³-hybridized carbons (Fsp3) is 0.533. The lowest BCUT2D eigenvalue weighted by Crippen LogP contribution is -2.38. The van der Waals surface area contributed by atoms with Gasteiger partial charge in [0, 0.05) is 19.5 Å². The number of hydrogen-bond acceptors (Lipinski definition) is 1. The van der Waals surface area contributed by atoms with Crippen molar-refractivity contribution in [2.45, 2.75) is 40.2 Å². The molecule has 1 rings (SSSR count). The zero-order valence-corrected chi connectivity index (χ0v) is 11.3. The molecule has 94 valence electrons. The van der Waals surface area contributed by atoms with Crippen molar-refractivity contribution in [2.24, 2.45) is 5.92 Å². The standard InChI is InChI=1S/C15H23NO/c1-12(2)16(14(4)17)11-13(3)10-15-8-6-5-7-9-15/h5-9,12-13H,10-11H2,1-4H3. The Morgan fingerprint density at radius 3 is 2.24 bits per heavy atom. The van der Waals surface area contributed by atoms with Crippen LogP contribution in [0.4, 0.5) is 0 Å². The van der Waals surface area contributed by atoms with Gasteiger partial charge >= 0.3 is 0 Å². The lowest BCUT2D eigenvalue weighted by atomic mass is 10.00. The van der Waals surface area contributed by atoms with Gasteiger partial charge in [-0.05, 0) is 31.7 Å². The Kier molecular flexibility index (Phi) is 5.20. The van der Waals surface area contributed by atoms with E-state index in [0.717, 1.165) is 13.0 Å². The Morgan fingerprint density at radius 1 is 1.18 bits per heavy atom. The molecule has 1 aromatic rings. The van der Waals surface area contributed by atoms with Crippen molar-refractivity contribution in [2.75, 3.05) is 6.54 Å². The third-order valence-electron chi connectivity index (χ3n) is 2.96. The molecule has 0 aliphatic carbocycles. The van der Waals surface area contributed by atoms with Crippen molar-refractivity contribution in [1.82, 2.24) is 4.90 Å². The number of carbonyl (C=O) groups excluding carboxylic acids is 1. The van der Waals surface area contributed by atoms with Gasteiger partial charge in [0.25, 0.3) is 0 Å². The Balaban J connectivity index is 2.54. The van der Waals surface area contributed by atoms with E-state index in [1.807, 2.05) is 11.0 Å². The van der Waals surface area contributed by atoms with Crippen LogP contribution >= 0.6 is 0 Å². The van der Waals surface area contributed by atoms with Gasteiger partial charge in [-0.25, -0.2) is 0 Å². The van der Waals surface area contributed by atoms with Crippen molar-refractivity contribution >= 4 is 5.91 Å². The normalized spacial score (nSPS) is 12.5. The quantitative estimate of drug-likeness (QED) is 0.765. The van der Waals surface area contributed by atoms with Crippen molar-refractivity contribution in [1.29, 1.82) is 0 Å². The van der Waals surface area contributed by atoms with Crippen LogP contribution in [0.25, 0.3) is 0 Å². The lowest BCUT2D eigenvalue weighted by Gasteiger charge is -2.28. The molecule has 1 amide bonds. The van der Waals surface area contributed by atoms with Crippen LogP contribution in [0.5, 0.6) is 0 Å². The van der Waals surface area contributed by atoms with Gasteiger partial charge in [-0.2, -0.15) is 0 Å². The Bertz CT molecular complexity index is 345. The third kappa shape index (κ3) is 4.59. The summed E-state index contributed by atoms with van der Waals surface area (Å²) in [5.41, 5.74) is 1.34. The Morgan fingerprint density at radius 2 is 1.76 bits per heavy atom. The molecule has 0 heterocycles. The molecule has 2 heteroatoms. The van der Waals surface area contributed by atoms with Gasteiger partial charge in [-0.1, -0.05) is 37.3 Å². The molecule has 0 aliphatic heterocycles. The van der Waals surface area contributed by atoms with Gasteiger partial charge in [0.05, 0.1) is 0 Å². The first-order valence-corrected chi connectivity index (χ1v) is 6.31. The first kappa shape index (κ1) is 13.8. The maximum absolute atomic E-state index is 11.5. The monoisotopic (exact) mass is 233 g/mol. The molecule has 1 atom stereocenters. The van der Waals surface area contributed by atoms with Gasteiger partial charge in [0.2, 0.25) is 5.91 Å². The van der Waals surface area contributed by atoms with E-state index in [9.17, 15) is 4.79 Å². The van der Waals surface area contributed by atoms with E-state index in [-0.39, 0.29) is 11.9 Å². The summed E-state index contributed by atoms with van der Waals surface area (Å²) in [5.74, 6) is 0.656. The smallest absolute Gasteiger partial charge is 0.219 e. The molecule has 1 aromatic carbocycles. The minimum Gasteiger partial charge on any atom is -0.340 e. The van der Waals surface area contributed by atoms with Crippen LogP contribution in [-0.4, -0.2) is 23.4 Å². The van der Waals surface area contributed by atoms with Crippen LogP contribution in [0.3, 0.4) is 0 Å². The summed E-state index contributed by atoms with van der Waals surface area (Å²) in [6.07, 6.45) is 1.03. The van der Waals surface area contributed by atoms with E-state index >= 15 is 0 Å². The number of nitrogens with zero attached hydrogens (tertiary/aromatic N) is 1. The van der Waals surface area contributed by atoms with Crippen LogP contribution in [0.1, 0.15) is 33.3 Å². The van der Waals surface area contributed by atoms with Gasteiger partial charge in [-0.15, -0.1) is 0 Å². The second kappa shape index (κ2) is 6.43. The van der Waals surface area contributed by atoms with Crippen molar-refractivity contribution in [3.8, 4) is 0 Å². The molecule has 1 unspecified atom stereocenters. The number of hydrogen-bond donors (Lipinski definition) is 0. The minimum absolute atomic E-state index is 0.167. The average Bonchev–Trinajstić information content (AvgIpc) is 2.26.